The van der Waals surface area contributed by atoms with Crippen molar-refractivity contribution in [3.8, 4) is 0 Å². The molecule has 24 nitrogen and oxygen atoms in total. The van der Waals surface area contributed by atoms with Crippen LogP contribution in [-0.2, 0) is 48.5 Å². The molecule has 0 radical (unpaired) electrons. The molecule has 0 saturated carbocycles. The van der Waals surface area contributed by atoms with Gasteiger partial charge in [-0.15, -0.1) is 12.2 Å². The summed E-state index contributed by atoms with van der Waals surface area (Å²) < 4.78 is 39.6. The zero-order chi connectivity index (χ0) is 80.3. The number of aromatic amines is 1. The summed E-state index contributed by atoms with van der Waals surface area (Å²) in [6, 6.07) is 16.8. The SMILES string of the molecule is C=CB1OC(C)(C)C(C)(C)O1.C=Cc1cnc2c(Cl)nccc2c1.CC(C)(C)[O-].CCOC(=O)c1ncc(Br)cc1C.COC(OC)N(C)C.Cc1cc(Br)cnc1C(=O)N=CN(C)C.Cc1cc(Br)cnc1C(N)=O.Clc1nccc2cc(Br)cnc12.O=P(Cl)(Cl)Cl.O=c1[nH]ccc2cc(Br)cnc12.[K+].[Pd]. The average Bonchev–Trinajstić information content (AvgIpc) is 1.65. The molecule has 0 spiro atoms. The second-order valence-corrected chi connectivity index (χ2v) is 35.5. The number of methoxy groups -OCH3 is 2. The van der Waals surface area contributed by atoms with Gasteiger partial charge in [0.15, 0.2) is 16.0 Å². The van der Waals surface area contributed by atoms with Crippen LogP contribution in [0.25, 0.3) is 38.8 Å². The molecule has 0 unspecified atom stereocenters. The normalized spacial score (nSPS) is 12.0. The minimum atomic E-state index is -3.22. The van der Waals surface area contributed by atoms with Crippen molar-refractivity contribution < 1.29 is 119 Å². The largest absolute Gasteiger partial charge is 1.00 e. The first-order chi connectivity index (χ1) is 48.7. The number of nitrogens with one attached hydrogen (secondary N) is 1. The number of carbonyl (C=O) groups excluding carboxylic acids is 3. The third kappa shape index (κ3) is 43.0. The van der Waals surface area contributed by atoms with Gasteiger partial charge in [0.2, 0.25) is 6.41 Å². The zero-order valence-corrected chi connectivity index (χ0v) is 79.2. The van der Waals surface area contributed by atoms with Gasteiger partial charge in [-0.3, -0.25) is 33.8 Å². The van der Waals surface area contributed by atoms with Crippen LogP contribution in [0.1, 0.15) is 109 Å². The van der Waals surface area contributed by atoms with E-state index in [4.69, 9.17) is 52.5 Å². The van der Waals surface area contributed by atoms with Gasteiger partial charge in [-0.05, 0) is 260 Å². The van der Waals surface area contributed by atoms with Gasteiger partial charge in [0.05, 0.1) is 24.1 Å². The number of aryl methyl sites for hydroxylation is 3. The number of pyridine rings is 9. The van der Waals surface area contributed by atoms with Gasteiger partial charge in [-0.25, -0.2) is 34.7 Å². The Hall–Kier alpha value is -3.31. The summed E-state index contributed by atoms with van der Waals surface area (Å²) in [4.78, 5) is 86.6. The molecule has 0 aliphatic carbocycles. The fraction of sp³-hybridized carbons (Fsp3) is 0.319. The molecule has 10 rings (SSSR count). The fourth-order valence-corrected chi connectivity index (χ4v) is 9.91. The predicted molar refractivity (Wildman–Crippen MR) is 441 cm³/mol. The van der Waals surface area contributed by atoms with Crippen molar-refractivity contribution in [2.24, 2.45) is 10.7 Å². The zero-order valence-electron chi connectivity index (χ0n) is 61.9. The topological polar surface area (TPSA) is 318 Å². The first kappa shape index (κ1) is 106. The number of H-pyrrole nitrogens is 1. The standard InChI is InChI=1S/C10H12BrN3O.C10H7ClN2.C9H10BrNO2.C8H15BO2.C8H4BrClN2.C8H5BrN2O.C7H7BrN2O.C5H13NO2.C4H9O.Cl3OP.K.Pd/c1-7-4-8(11)5-12-9(7)10(15)13-6-14(2)3;1-2-7-5-8-3-4-12-10(11)9(8)13-6-7;1-3-13-9(12)8-6(2)4-7(10)5-11-8;1-6-9-10-7(2,3)8(4,5)11-9;9-6-3-5-1-2-11-8(10)7(5)12-4-6;9-6-3-5-1-2-10-8(12)7(5)11-4-6;1-4-2-5(8)3-10-6(4)7(9)11;1-6(2)5(7-3)8-4;1-4(2,3)5;1-5(2,3)4;;/h4-6H,1-3H3;2-6H,1H2;4-5H,3H2,1-2H3;6H,1H2,2-5H3;1-4H;1-4H,(H,10,12);2-3H,1H3,(H2,9,11);5H,1-4H3;1-3H3;;;/q;;;;;;;;-1;;+1;. The molecule has 38 heteroatoms. The molecule has 3 N–H and O–H groups in total. The third-order valence-electron chi connectivity index (χ3n) is 12.6. The van der Waals surface area contributed by atoms with E-state index >= 15 is 0 Å². The van der Waals surface area contributed by atoms with E-state index < -0.39 is 16.7 Å². The Bertz CT molecular complexity index is 4450. The molecule has 1 fully saturated rings. The van der Waals surface area contributed by atoms with Crippen molar-refractivity contribution in [3.05, 3.63) is 212 Å². The smallest absolute Gasteiger partial charge is 0.850 e. The molecule has 1 aliphatic heterocycles. The molecule has 1 aliphatic rings. The number of nitrogens with two attached hydrogens (primary N) is 1. The number of fused-ring (bicyclic) bond motifs is 3. The number of amides is 2. The van der Waals surface area contributed by atoms with E-state index in [1.54, 1.807) is 142 Å². The number of primary amides is 1. The van der Waals surface area contributed by atoms with E-state index in [9.17, 15) is 28.8 Å². The Balaban J connectivity index is 0. The Kier molecular flexibility index (Phi) is 52.3. The summed E-state index contributed by atoms with van der Waals surface area (Å²) in [7, 11) is 10.3. The maximum absolute atomic E-state index is 11.6. The van der Waals surface area contributed by atoms with Gasteiger partial charge in [0, 0.05) is 143 Å². The number of halogens is 10. The molecule has 2 amide bonds. The summed E-state index contributed by atoms with van der Waals surface area (Å²) in [5.41, 5.74) is 10.1. The van der Waals surface area contributed by atoms with Crippen LogP contribution in [0.3, 0.4) is 0 Å². The Labute approximate surface area is 747 Å². The minimum Gasteiger partial charge on any atom is -0.850 e. The van der Waals surface area contributed by atoms with Crippen LogP contribution in [0.5, 0.6) is 0 Å². The number of rotatable bonds is 10. The van der Waals surface area contributed by atoms with E-state index in [-0.39, 0.29) is 114 Å². The molecular formula is C69H82BBr5Cl5KN13O11PPd. The van der Waals surface area contributed by atoms with Gasteiger partial charge < -0.3 is 44.2 Å². The van der Waals surface area contributed by atoms with Crippen LogP contribution in [0.4, 0.5) is 0 Å². The van der Waals surface area contributed by atoms with Gasteiger partial charge in [0.25, 0.3) is 17.4 Å². The van der Waals surface area contributed by atoms with Crippen molar-refractivity contribution in [1.82, 2.24) is 54.7 Å². The number of aliphatic imine (C=N–C) groups is 1. The van der Waals surface area contributed by atoms with Crippen molar-refractivity contribution in [2.75, 3.05) is 49.0 Å². The molecule has 0 atom stereocenters. The maximum atomic E-state index is 11.6. The molecule has 1 saturated heterocycles. The van der Waals surface area contributed by atoms with Crippen LogP contribution in [0, 0.1) is 20.8 Å². The number of hydrogen-bond acceptors (Lipinski definition) is 20. The molecule has 578 valence electrons. The molecule has 0 aromatic carbocycles. The minimum absolute atomic E-state index is 0. The van der Waals surface area contributed by atoms with Gasteiger partial charge in [-0.1, -0.05) is 62.6 Å². The fourth-order valence-electron chi connectivity index (χ4n) is 7.45. The van der Waals surface area contributed by atoms with E-state index in [1.165, 1.54) is 6.34 Å². The molecule has 9 aromatic heterocycles. The summed E-state index contributed by atoms with van der Waals surface area (Å²) in [6.45, 7) is 27.9. The van der Waals surface area contributed by atoms with E-state index in [0.29, 0.717) is 39.5 Å². The average molecular weight is 2030 g/mol. The summed E-state index contributed by atoms with van der Waals surface area (Å²) in [6.07, 6.45) is 17.7. The van der Waals surface area contributed by atoms with Gasteiger partial charge in [-0.2, -0.15) is 4.99 Å². The van der Waals surface area contributed by atoms with Gasteiger partial charge in [0.1, 0.15) is 27.9 Å². The summed E-state index contributed by atoms with van der Waals surface area (Å²) in [5, 5.41) is 10.6. The van der Waals surface area contributed by atoms with E-state index in [1.807, 2.05) is 109 Å². The van der Waals surface area contributed by atoms with Crippen LogP contribution in [0.15, 0.2) is 162 Å². The number of esters is 1. The quantitative estimate of drug-likeness (QED) is 0.0244. The first-order valence-electron chi connectivity index (χ1n) is 30.6. The van der Waals surface area contributed by atoms with Crippen LogP contribution >= 0.6 is 142 Å². The monoisotopic (exact) mass is 2020 g/mol. The van der Waals surface area contributed by atoms with Crippen LogP contribution in [0.2, 0.25) is 10.3 Å². The van der Waals surface area contributed by atoms with Gasteiger partial charge >= 0.3 is 69.7 Å². The Morgan fingerprint density at radius 1 is 0.682 bits per heavy atom. The summed E-state index contributed by atoms with van der Waals surface area (Å²) >= 11 is 41.9. The number of aromatic nitrogens is 9. The number of nitrogens with zero attached hydrogens (tertiary/aromatic N) is 11. The van der Waals surface area contributed by atoms with Crippen LogP contribution < -0.4 is 67.8 Å². The second kappa shape index (κ2) is 52.9. The van der Waals surface area contributed by atoms with Crippen LogP contribution in [-0.4, -0.2) is 158 Å². The van der Waals surface area contributed by atoms with Crippen molar-refractivity contribution in [1.29, 1.82) is 0 Å². The first-order valence-corrected chi connectivity index (χ1v) is 39.8. The second-order valence-electron chi connectivity index (χ2n) is 23.5. The van der Waals surface area contributed by atoms with E-state index in [0.717, 1.165) is 71.8 Å². The Morgan fingerprint density at radius 2 is 1.06 bits per heavy atom. The molecule has 0 bridgehead atoms. The van der Waals surface area contributed by atoms with Crippen molar-refractivity contribution >= 4 is 212 Å². The predicted octanol–water partition coefficient (Wildman–Crippen LogP) is 15.0. The maximum Gasteiger partial charge on any atom is 1.00 e. The number of hydrogen-bond donors (Lipinski definition) is 2. The van der Waals surface area contributed by atoms with Crippen molar-refractivity contribution in [2.45, 2.75) is 99.4 Å². The van der Waals surface area contributed by atoms with Crippen molar-refractivity contribution in [3.63, 3.8) is 0 Å². The molecule has 9 aromatic rings. The molecular weight excluding hydrogens is 1950 g/mol. The summed E-state index contributed by atoms with van der Waals surface area (Å²) in [5.74, 6) is 0.493. The number of ether oxygens (including phenoxy) is 3. The molecule has 10 heterocycles. The van der Waals surface area contributed by atoms with E-state index in [2.05, 4.69) is 176 Å². The Morgan fingerprint density at radius 3 is 1.41 bits per heavy atom. The molecule has 107 heavy (non-hydrogen) atoms. The third-order valence-corrected chi connectivity index (χ3v) is 15.4. The number of carbonyl (C=O) groups is 3.